The predicted molar refractivity (Wildman–Crippen MR) is 139 cm³/mol. The van der Waals surface area contributed by atoms with Crippen molar-refractivity contribution in [2.75, 3.05) is 33.3 Å². The summed E-state index contributed by atoms with van der Waals surface area (Å²) in [5, 5.41) is 2.79. The molecule has 198 valence electrons. The van der Waals surface area contributed by atoms with E-state index in [1.807, 2.05) is 43.4 Å². The first-order chi connectivity index (χ1) is 17.6. The fraction of sp³-hybridized carbons (Fsp3) is 0.500. The maximum absolute atomic E-state index is 13.8. The topological polar surface area (TPSA) is 118 Å². The van der Waals surface area contributed by atoms with E-state index in [1.54, 1.807) is 29.8 Å². The number of rotatable bonds is 8. The summed E-state index contributed by atoms with van der Waals surface area (Å²) in [7, 11) is 1.83. The van der Waals surface area contributed by atoms with Crippen LogP contribution in [0.5, 0.6) is 0 Å². The average Bonchev–Trinajstić information content (AvgIpc) is 3.13. The molecule has 37 heavy (non-hydrogen) atoms. The lowest BCUT2D eigenvalue weighted by atomic mass is 9.69. The zero-order chi connectivity index (χ0) is 26.6. The molecule has 3 N–H and O–H groups in total. The largest absolute Gasteiger partial charge is 0.372 e. The second-order valence-electron chi connectivity index (χ2n) is 10.8. The molecule has 3 atom stereocenters. The third kappa shape index (κ3) is 5.83. The molecule has 2 unspecified atom stereocenters. The van der Waals surface area contributed by atoms with E-state index in [4.69, 9.17) is 10.5 Å². The molecule has 2 aromatic rings. The van der Waals surface area contributed by atoms with Crippen molar-refractivity contribution in [3.63, 3.8) is 0 Å². The van der Waals surface area contributed by atoms with Gasteiger partial charge < -0.3 is 25.6 Å². The molecule has 1 spiro atoms. The molecule has 2 aliphatic rings. The molecular weight excluding hydrogens is 470 g/mol. The van der Waals surface area contributed by atoms with E-state index >= 15 is 0 Å². The Morgan fingerprint density at radius 2 is 1.95 bits per heavy atom. The number of likely N-dealkylation sites (N-methyl/N-ethyl adjacent to an activating group) is 1. The fourth-order valence-electron chi connectivity index (χ4n) is 5.41. The Morgan fingerprint density at radius 1 is 1.22 bits per heavy atom. The van der Waals surface area contributed by atoms with Gasteiger partial charge >= 0.3 is 0 Å². The van der Waals surface area contributed by atoms with Gasteiger partial charge in [-0.3, -0.25) is 19.4 Å². The number of nitrogens with one attached hydrogen (secondary N) is 1. The SMILES string of the molecule is CN1CC(c2ccccc2)C2(CCCN(C(=O)[C@@H](COCc3ccccn3)NC(=O)C(C)(C)N)C2)C1=O. The summed E-state index contributed by atoms with van der Waals surface area (Å²) >= 11 is 0. The molecule has 0 aliphatic carbocycles. The number of amides is 3. The third-order valence-electron chi connectivity index (χ3n) is 7.38. The van der Waals surface area contributed by atoms with Gasteiger partial charge in [-0.2, -0.15) is 0 Å². The standard InChI is InChI=1S/C28H37N5O4/c1-27(2,29)25(35)31-23(18-37-17-21-12-7-8-14-30-21)24(34)33-15-9-13-28(19-33)22(16-32(3)26(28)36)20-10-5-4-6-11-20/h4-8,10-12,14,22-23H,9,13,15-19,29H2,1-3H3,(H,31,35)/t22?,23-,28?/m1/s1. The van der Waals surface area contributed by atoms with Crippen molar-refractivity contribution in [3.05, 3.63) is 66.0 Å². The molecule has 0 saturated carbocycles. The zero-order valence-corrected chi connectivity index (χ0v) is 21.9. The van der Waals surface area contributed by atoms with Gasteiger partial charge in [0, 0.05) is 38.8 Å². The number of likely N-dealkylation sites (tertiary alicyclic amines) is 2. The summed E-state index contributed by atoms with van der Waals surface area (Å²) in [5.41, 5.74) is 5.97. The monoisotopic (exact) mass is 507 g/mol. The number of benzene rings is 1. The lowest BCUT2D eigenvalue weighted by Crippen LogP contribution is -2.60. The van der Waals surface area contributed by atoms with E-state index < -0.39 is 22.9 Å². The number of aromatic nitrogens is 1. The van der Waals surface area contributed by atoms with E-state index in [9.17, 15) is 14.4 Å². The summed E-state index contributed by atoms with van der Waals surface area (Å²) in [6, 6.07) is 14.6. The number of hydrogen-bond acceptors (Lipinski definition) is 6. The molecule has 3 heterocycles. The Labute approximate surface area is 218 Å². The number of piperidine rings is 1. The minimum Gasteiger partial charge on any atom is -0.372 e. The number of nitrogens with two attached hydrogens (primary N) is 1. The maximum atomic E-state index is 13.8. The van der Waals surface area contributed by atoms with Crippen molar-refractivity contribution in [2.45, 2.75) is 50.8 Å². The highest BCUT2D eigenvalue weighted by Gasteiger charge is 2.55. The van der Waals surface area contributed by atoms with Gasteiger partial charge in [-0.1, -0.05) is 36.4 Å². The van der Waals surface area contributed by atoms with E-state index in [2.05, 4.69) is 22.4 Å². The van der Waals surface area contributed by atoms with Crippen LogP contribution in [-0.4, -0.2) is 77.4 Å². The minimum atomic E-state index is -1.16. The number of nitrogens with zero attached hydrogens (tertiary/aromatic N) is 3. The summed E-state index contributed by atoms with van der Waals surface area (Å²) in [5.74, 6) is -0.670. The highest BCUT2D eigenvalue weighted by molar-refractivity contribution is 5.92. The Balaban J connectivity index is 1.54. The van der Waals surface area contributed by atoms with Crippen molar-refractivity contribution in [1.82, 2.24) is 20.1 Å². The van der Waals surface area contributed by atoms with Crippen LogP contribution in [-0.2, 0) is 25.7 Å². The Hall–Kier alpha value is -3.30. The summed E-state index contributed by atoms with van der Waals surface area (Å²) in [6.45, 7) is 4.77. The molecule has 0 bridgehead atoms. The second-order valence-corrected chi connectivity index (χ2v) is 10.8. The Morgan fingerprint density at radius 3 is 2.62 bits per heavy atom. The lowest BCUT2D eigenvalue weighted by Gasteiger charge is -2.43. The minimum absolute atomic E-state index is 0.0155. The highest BCUT2D eigenvalue weighted by atomic mass is 16.5. The number of carbonyl (C=O) groups is 3. The van der Waals surface area contributed by atoms with E-state index in [0.717, 1.165) is 11.3 Å². The molecule has 1 aromatic carbocycles. The molecule has 4 rings (SSSR count). The molecule has 0 radical (unpaired) electrons. The molecule has 9 nitrogen and oxygen atoms in total. The van der Waals surface area contributed by atoms with Crippen molar-refractivity contribution in [3.8, 4) is 0 Å². The van der Waals surface area contributed by atoms with Crippen LogP contribution in [0.25, 0.3) is 0 Å². The molecule has 2 aliphatic heterocycles. The van der Waals surface area contributed by atoms with Crippen molar-refractivity contribution in [2.24, 2.45) is 11.1 Å². The van der Waals surface area contributed by atoms with Crippen LogP contribution in [0.1, 0.15) is 43.9 Å². The van der Waals surface area contributed by atoms with Gasteiger partial charge in [-0.15, -0.1) is 0 Å². The molecule has 2 saturated heterocycles. The summed E-state index contributed by atoms with van der Waals surface area (Å²) < 4.78 is 5.81. The van der Waals surface area contributed by atoms with Crippen molar-refractivity contribution in [1.29, 1.82) is 0 Å². The van der Waals surface area contributed by atoms with Crippen LogP contribution < -0.4 is 11.1 Å². The first-order valence-corrected chi connectivity index (χ1v) is 12.8. The predicted octanol–water partition coefficient (Wildman–Crippen LogP) is 1.68. The number of carbonyl (C=O) groups excluding carboxylic acids is 3. The van der Waals surface area contributed by atoms with Gasteiger partial charge in [0.2, 0.25) is 17.7 Å². The van der Waals surface area contributed by atoms with Crippen molar-refractivity contribution < 1.29 is 19.1 Å². The van der Waals surface area contributed by atoms with Gasteiger partial charge in [0.05, 0.1) is 29.9 Å². The van der Waals surface area contributed by atoms with E-state index in [1.165, 1.54) is 0 Å². The lowest BCUT2D eigenvalue weighted by molar-refractivity contribution is -0.147. The number of ether oxygens (including phenoxy) is 1. The first-order valence-electron chi connectivity index (χ1n) is 12.8. The van der Waals surface area contributed by atoms with Crippen LogP contribution in [0.3, 0.4) is 0 Å². The number of pyridine rings is 1. The quantitative estimate of drug-likeness (QED) is 0.562. The molecular formula is C28H37N5O4. The van der Waals surface area contributed by atoms with Crippen LogP contribution in [0.4, 0.5) is 0 Å². The third-order valence-corrected chi connectivity index (χ3v) is 7.38. The molecule has 9 heteroatoms. The molecule has 1 aromatic heterocycles. The van der Waals surface area contributed by atoms with E-state index in [-0.39, 0.29) is 30.9 Å². The zero-order valence-electron chi connectivity index (χ0n) is 21.9. The number of hydrogen-bond donors (Lipinski definition) is 2. The van der Waals surface area contributed by atoms with Crippen molar-refractivity contribution >= 4 is 17.7 Å². The normalized spacial score (nSPS) is 22.8. The summed E-state index contributed by atoms with van der Waals surface area (Å²) in [6.07, 6.45) is 3.08. The molecule has 2 fully saturated rings. The van der Waals surface area contributed by atoms with Gasteiger partial charge in [-0.25, -0.2) is 0 Å². The molecule has 3 amide bonds. The van der Waals surface area contributed by atoms with Crippen LogP contribution in [0, 0.1) is 5.41 Å². The van der Waals surface area contributed by atoms with Gasteiger partial charge in [-0.05, 0) is 44.4 Å². The maximum Gasteiger partial charge on any atom is 0.247 e. The van der Waals surface area contributed by atoms with Gasteiger partial charge in [0.25, 0.3) is 0 Å². The van der Waals surface area contributed by atoms with Gasteiger partial charge in [0.1, 0.15) is 6.04 Å². The smallest absolute Gasteiger partial charge is 0.247 e. The van der Waals surface area contributed by atoms with Gasteiger partial charge in [0.15, 0.2) is 0 Å². The van der Waals surface area contributed by atoms with E-state index in [0.29, 0.717) is 32.5 Å². The fourth-order valence-corrected chi connectivity index (χ4v) is 5.41. The highest BCUT2D eigenvalue weighted by Crippen LogP contribution is 2.49. The Kier molecular flexibility index (Phi) is 7.94. The first kappa shape index (κ1) is 26.8. The van der Waals surface area contributed by atoms with Crippen LogP contribution >= 0.6 is 0 Å². The van der Waals surface area contributed by atoms with Crippen LogP contribution in [0.15, 0.2) is 54.7 Å². The second kappa shape index (κ2) is 11.0. The van der Waals surface area contributed by atoms with Crippen LogP contribution in [0.2, 0.25) is 0 Å². The Bertz CT molecular complexity index is 1100. The average molecular weight is 508 g/mol. The summed E-state index contributed by atoms with van der Waals surface area (Å²) in [4.78, 5) is 47.8.